The lowest BCUT2D eigenvalue weighted by atomic mass is 10.0. The molecule has 6 nitrogen and oxygen atoms in total. The molecule has 0 aromatic carbocycles. The first-order valence-corrected chi connectivity index (χ1v) is 5.76. The van der Waals surface area contributed by atoms with Crippen molar-refractivity contribution in [2.24, 2.45) is 0 Å². The highest BCUT2D eigenvalue weighted by Gasteiger charge is 2.30. The number of nitrogen functional groups attached to an aromatic ring is 1. The summed E-state index contributed by atoms with van der Waals surface area (Å²) in [6.07, 6.45) is 3.82. The first-order chi connectivity index (χ1) is 8.11. The van der Waals surface area contributed by atoms with Crippen LogP contribution in [0.3, 0.4) is 0 Å². The second-order valence-corrected chi connectivity index (χ2v) is 4.44. The number of methoxy groups -OCH3 is 1. The minimum atomic E-state index is -0.618. The number of hydrogen-bond donors (Lipinski definition) is 3. The maximum absolute atomic E-state index is 10.2. The van der Waals surface area contributed by atoms with Gasteiger partial charge in [-0.25, -0.2) is 0 Å². The van der Waals surface area contributed by atoms with E-state index in [0.717, 1.165) is 25.7 Å². The fraction of sp³-hybridized carbons (Fsp3) is 0.636. The first kappa shape index (κ1) is 11.9. The van der Waals surface area contributed by atoms with Gasteiger partial charge in [-0.3, -0.25) is 0 Å². The highest BCUT2D eigenvalue weighted by molar-refractivity contribution is 5.43. The van der Waals surface area contributed by atoms with E-state index in [9.17, 15) is 5.11 Å². The van der Waals surface area contributed by atoms with Crippen LogP contribution < -0.4 is 15.8 Å². The Morgan fingerprint density at radius 1 is 1.47 bits per heavy atom. The summed E-state index contributed by atoms with van der Waals surface area (Å²) in [5, 5.41) is 13.3. The van der Waals surface area contributed by atoms with Crippen molar-refractivity contribution < 1.29 is 9.84 Å². The van der Waals surface area contributed by atoms with E-state index >= 15 is 0 Å². The minimum Gasteiger partial charge on any atom is -0.481 e. The van der Waals surface area contributed by atoms with E-state index < -0.39 is 5.60 Å². The van der Waals surface area contributed by atoms with Crippen molar-refractivity contribution >= 4 is 11.8 Å². The fourth-order valence-corrected chi connectivity index (χ4v) is 2.10. The summed E-state index contributed by atoms with van der Waals surface area (Å²) in [4.78, 5) is 7.93. The van der Waals surface area contributed by atoms with Gasteiger partial charge in [-0.15, -0.1) is 0 Å². The van der Waals surface area contributed by atoms with Gasteiger partial charge in [0.25, 0.3) is 0 Å². The third-order valence-corrected chi connectivity index (χ3v) is 3.06. The standard InChI is InChI=1S/C11H18N4O2/c1-17-9-6-8(14-10(12)15-9)13-7-11(16)4-2-3-5-11/h6,16H,2-5,7H2,1H3,(H3,12,13,14,15). The molecule has 0 saturated heterocycles. The molecule has 0 aliphatic heterocycles. The number of nitrogens with zero attached hydrogens (tertiary/aromatic N) is 2. The van der Waals surface area contributed by atoms with Crippen LogP contribution in [0.25, 0.3) is 0 Å². The average molecular weight is 238 g/mol. The first-order valence-electron chi connectivity index (χ1n) is 5.76. The SMILES string of the molecule is COc1cc(NCC2(O)CCCC2)nc(N)n1. The van der Waals surface area contributed by atoms with E-state index in [4.69, 9.17) is 10.5 Å². The van der Waals surface area contributed by atoms with Gasteiger partial charge in [-0.05, 0) is 12.8 Å². The molecule has 6 heteroatoms. The van der Waals surface area contributed by atoms with E-state index in [1.807, 2.05) is 0 Å². The van der Waals surface area contributed by atoms with Crippen LogP contribution in [-0.2, 0) is 0 Å². The summed E-state index contributed by atoms with van der Waals surface area (Å²) in [5.41, 5.74) is 4.93. The largest absolute Gasteiger partial charge is 0.481 e. The van der Waals surface area contributed by atoms with E-state index in [1.54, 1.807) is 6.07 Å². The van der Waals surface area contributed by atoms with Crippen LogP contribution >= 0.6 is 0 Å². The summed E-state index contributed by atoms with van der Waals surface area (Å²) in [6, 6.07) is 1.66. The van der Waals surface area contributed by atoms with Gasteiger partial charge in [0.15, 0.2) is 0 Å². The van der Waals surface area contributed by atoms with Gasteiger partial charge >= 0.3 is 0 Å². The molecule has 17 heavy (non-hydrogen) atoms. The lowest BCUT2D eigenvalue weighted by Gasteiger charge is -2.22. The molecule has 94 valence electrons. The van der Waals surface area contributed by atoms with Crippen LogP contribution in [0.1, 0.15) is 25.7 Å². The van der Waals surface area contributed by atoms with Crippen molar-refractivity contribution in [3.8, 4) is 5.88 Å². The molecule has 1 heterocycles. The zero-order valence-electron chi connectivity index (χ0n) is 9.94. The molecule has 1 saturated carbocycles. The molecule has 1 aliphatic carbocycles. The molecule has 0 atom stereocenters. The molecule has 1 aromatic heterocycles. The average Bonchev–Trinajstić information content (AvgIpc) is 2.73. The lowest BCUT2D eigenvalue weighted by molar-refractivity contribution is 0.0614. The Balaban J connectivity index is 2.00. The van der Waals surface area contributed by atoms with Crippen molar-refractivity contribution in [3.05, 3.63) is 6.07 Å². The van der Waals surface area contributed by atoms with Crippen LogP contribution in [0.2, 0.25) is 0 Å². The van der Waals surface area contributed by atoms with E-state index in [2.05, 4.69) is 15.3 Å². The van der Waals surface area contributed by atoms with Gasteiger partial charge in [-0.1, -0.05) is 12.8 Å². The number of nitrogens with one attached hydrogen (secondary N) is 1. The Kier molecular flexibility index (Phi) is 3.33. The molecule has 0 amide bonds. The molecular weight excluding hydrogens is 220 g/mol. The molecule has 0 bridgehead atoms. The van der Waals surface area contributed by atoms with Gasteiger partial charge in [0.05, 0.1) is 12.7 Å². The molecule has 2 rings (SSSR count). The molecule has 0 spiro atoms. The summed E-state index contributed by atoms with van der Waals surface area (Å²) in [5.74, 6) is 1.15. The molecule has 1 aliphatic rings. The number of aliphatic hydroxyl groups is 1. The topological polar surface area (TPSA) is 93.3 Å². The summed E-state index contributed by atoms with van der Waals surface area (Å²) in [6.45, 7) is 0.479. The van der Waals surface area contributed by atoms with E-state index in [1.165, 1.54) is 7.11 Å². The summed E-state index contributed by atoms with van der Waals surface area (Å²) >= 11 is 0. The van der Waals surface area contributed by atoms with Crippen LogP contribution in [0.5, 0.6) is 5.88 Å². The van der Waals surface area contributed by atoms with Gasteiger partial charge in [-0.2, -0.15) is 9.97 Å². The monoisotopic (exact) mass is 238 g/mol. The zero-order chi connectivity index (χ0) is 12.3. The Morgan fingerprint density at radius 2 is 2.18 bits per heavy atom. The van der Waals surface area contributed by atoms with Crippen molar-refractivity contribution in [1.82, 2.24) is 9.97 Å². The third-order valence-electron chi connectivity index (χ3n) is 3.06. The molecule has 0 unspecified atom stereocenters. The van der Waals surface area contributed by atoms with Crippen molar-refractivity contribution in [1.29, 1.82) is 0 Å². The van der Waals surface area contributed by atoms with Crippen molar-refractivity contribution in [3.63, 3.8) is 0 Å². The number of nitrogens with two attached hydrogens (primary N) is 1. The number of anilines is 2. The van der Waals surface area contributed by atoms with Crippen molar-refractivity contribution in [2.75, 3.05) is 24.7 Å². The molecule has 4 N–H and O–H groups in total. The molecule has 1 aromatic rings. The maximum Gasteiger partial charge on any atom is 0.225 e. The van der Waals surface area contributed by atoms with Crippen LogP contribution in [0, 0.1) is 0 Å². The Hall–Kier alpha value is -1.56. The Morgan fingerprint density at radius 3 is 2.82 bits per heavy atom. The molecular formula is C11H18N4O2. The molecule has 0 radical (unpaired) electrons. The number of rotatable bonds is 4. The van der Waals surface area contributed by atoms with Crippen LogP contribution in [-0.4, -0.2) is 34.3 Å². The predicted octanol–water partition coefficient (Wildman–Crippen LogP) is 0.784. The third kappa shape index (κ3) is 2.97. The second kappa shape index (κ2) is 4.75. The maximum atomic E-state index is 10.2. The highest BCUT2D eigenvalue weighted by atomic mass is 16.5. The van der Waals surface area contributed by atoms with Gasteiger partial charge < -0.3 is 20.9 Å². The smallest absolute Gasteiger partial charge is 0.225 e. The number of hydrogen-bond acceptors (Lipinski definition) is 6. The van der Waals surface area contributed by atoms with Gasteiger partial charge in [0.2, 0.25) is 11.8 Å². The van der Waals surface area contributed by atoms with Gasteiger partial charge in [0.1, 0.15) is 5.82 Å². The second-order valence-electron chi connectivity index (χ2n) is 4.44. The molecule has 1 fully saturated rings. The Labute approximate surface area is 100 Å². The lowest BCUT2D eigenvalue weighted by Crippen LogP contribution is -2.33. The van der Waals surface area contributed by atoms with E-state index in [-0.39, 0.29) is 5.95 Å². The number of aromatic nitrogens is 2. The van der Waals surface area contributed by atoms with Crippen molar-refractivity contribution in [2.45, 2.75) is 31.3 Å². The van der Waals surface area contributed by atoms with Crippen LogP contribution in [0.15, 0.2) is 6.07 Å². The highest BCUT2D eigenvalue weighted by Crippen LogP contribution is 2.29. The summed E-state index contributed by atoms with van der Waals surface area (Å²) < 4.78 is 5.00. The van der Waals surface area contributed by atoms with E-state index in [0.29, 0.717) is 18.2 Å². The minimum absolute atomic E-state index is 0.158. The number of ether oxygens (including phenoxy) is 1. The van der Waals surface area contributed by atoms with Crippen LogP contribution in [0.4, 0.5) is 11.8 Å². The quantitative estimate of drug-likeness (QED) is 0.718. The predicted molar refractivity (Wildman–Crippen MR) is 64.9 cm³/mol. The normalized spacial score (nSPS) is 18.0. The Bertz CT molecular complexity index is 391. The summed E-state index contributed by atoms with van der Waals surface area (Å²) in [7, 11) is 1.52. The fourth-order valence-electron chi connectivity index (χ4n) is 2.10. The zero-order valence-corrected chi connectivity index (χ0v) is 9.94. The van der Waals surface area contributed by atoms with Gasteiger partial charge in [0, 0.05) is 12.6 Å².